The summed E-state index contributed by atoms with van der Waals surface area (Å²) in [6.45, 7) is 1.39. The third-order valence-corrected chi connectivity index (χ3v) is 14.2. The molecule has 484 valence electrons. The maximum Gasteiger partial charge on any atom is 0.335 e. The van der Waals surface area contributed by atoms with Crippen LogP contribution >= 0.6 is 0 Å². The van der Waals surface area contributed by atoms with Crippen molar-refractivity contribution in [2.75, 3.05) is 81.2 Å². The molecular weight excluding hydrogens is 1160 g/mol. The summed E-state index contributed by atoms with van der Waals surface area (Å²) in [6, 6.07) is 18.7. The van der Waals surface area contributed by atoms with E-state index < -0.39 is 77.4 Å². The number of carbonyl (C=O) groups excluding carboxylic acids is 8. The highest BCUT2D eigenvalue weighted by Crippen LogP contribution is 2.29. The molecule has 5 rings (SSSR count). The molecule has 0 heterocycles. The number of amides is 8. The second-order valence-corrected chi connectivity index (χ2v) is 20.8. The summed E-state index contributed by atoms with van der Waals surface area (Å²) >= 11 is 0. The molecule has 27 nitrogen and oxygen atoms in total. The SMILES string of the molecule is COc1ccc(NC(=O)C(CCCCN)NC(=O)c2cc(NC(=O)C(CCCCN)NC(=O)c3cc(NC(=O)C(CCCCN)NC(=O)c4cc(NC(=O)C(N)CCCCN)ccc4OC)ccc3OC)ccc2OC)cc1C(=O)Nc1cccc(C(=O)O)c1. The zero-order chi connectivity index (χ0) is 65.7. The number of hydrogen-bond acceptors (Lipinski definition) is 18. The number of unbranched alkanes of at least 4 members (excludes halogenated alkanes) is 4. The zero-order valence-electron chi connectivity index (χ0n) is 51.0. The van der Waals surface area contributed by atoms with Gasteiger partial charge in [-0.25, -0.2) is 4.79 Å². The van der Waals surface area contributed by atoms with E-state index in [1.165, 1.54) is 119 Å². The van der Waals surface area contributed by atoms with Gasteiger partial charge in [0.05, 0.1) is 62.3 Å². The Morgan fingerprint density at radius 1 is 0.378 bits per heavy atom. The van der Waals surface area contributed by atoms with E-state index in [1.54, 1.807) is 6.07 Å². The van der Waals surface area contributed by atoms with Crippen LogP contribution in [0.5, 0.6) is 23.0 Å². The quantitative estimate of drug-likeness (QED) is 0.0240. The molecule has 0 radical (unpaired) electrons. The van der Waals surface area contributed by atoms with Crippen molar-refractivity contribution in [1.29, 1.82) is 0 Å². The molecule has 0 saturated heterocycles. The third kappa shape index (κ3) is 21.3. The Balaban J connectivity index is 1.33. The van der Waals surface area contributed by atoms with Crippen LogP contribution in [0.2, 0.25) is 0 Å². The van der Waals surface area contributed by atoms with Gasteiger partial charge in [-0.15, -0.1) is 0 Å². The summed E-state index contributed by atoms with van der Waals surface area (Å²) in [5, 5.41) is 31.4. The van der Waals surface area contributed by atoms with E-state index in [2.05, 4.69) is 42.5 Å². The first-order chi connectivity index (χ1) is 43.3. The number of nitrogens with two attached hydrogens (primary N) is 5. The molecule has 0 aliphatic rings. The average molecular weight is 1250 g/mol. The predicted octanol–water partition coefficient (Wildman–Crippen LogP) is 4.66. The fraction of sp³-hybridized carbons (Fsp3) is 0.381. The number of carbonyl (C=O) groups is 9. The molecule has 27 heteroatoms. The second kappa shape index (κ2) is 36.6. The lowest BCUT2D eigenvalue weighted by molar-refractivity contribution is -0.118. The fourth-order valence-electron chi connectivity index (χ4n) is 9.34. The third-order valence-electron chi connectivity index (χ3n) is 14.2. The lowest BCUT2D eigenvalue weighted by Crippen LogP contribution is -2.44. The minimum Gasteiger partial charge on any atom is -0.496 e. The van der Waals surface area contributed by atoms with Gasteiger partial charge in [0.1, 0.15) is 41.1 Å². The van der Waals surface area contributed by atoms with Gasteiger partial charge >= 0.3 is 5.97 Å². The topological polar surface area (TPSA) is 437 Å². The van der Waals surface area contributed by atoms with Crippen LogP contribution in [0, 0.1) is 0 Å². The van der Waals surface area contributed by atoms with Gasteiger partial charge in [0.15, 0.2) is 0 Å². The number of carboxylic acids is 1. The standard InChI is InChI=1S/C63H83N13O14/c1-87-51-25-21-40(34-43(51)55(77)69-38-15-13-14-37(32-38)63(85)86)71-60(82)48(17-6-10-29-65)75-57(79)45-36-42(23-27-53(45)89-3)73-62(84)50(19-8-12-31-67)76-58(80)46-35-41(22-26-54(46)90-4)72-61(83)49(18-7-11-30-66)74-56(78)44-33-39(20-24-52(44)88-2)70-59(81)47(68)16-5-9-28-64/h13-15,20-27,32-36,47-50H,5-12,16-19,28-31,64-68H2,1-4H3,(H,69,77)(H,70,81)(H,71,82)(H,72,83)(H,73,84)(H,74,78)(H,75,79)(H,76,80)(H,85,86). The second-order valence-electron chi connectivity index (χ2n) is 20.8. The number of hydrogen-bond donors (Lipinski definition) is 14. The van der Waals surface area contributed by atoms with Gasteiger partial charge < -0.3 is 95.3 Å². The van der Waals surface area contributed by atoms with E-state index in [9.17, 15) is 48.3 Å². The Morgan fingerprint density at radius 3 is 0.989 bits per heavy atom. The Morgan fingerprint density at radius 2 is 0.678 bits per heavy atom. The van der Waals surface area contributed by atoms with E-state index in [-0.39, 0.29) is 98.5 Å². The lowest BCUT2D eigenvalue weighted by Gasteiger charge is -2.22. The normalized spacial score (nSPS) is 12.1. The Hall–Kier alpha value is -9.67. The summed E-state index contributed by atoms with van der Waals surface area (Å²) < 4.78 is 22.0. The molecule has 0 aliphatic carbocycles. The van der Waals surface area contributed by atoms with Crippen molar-refractivity contribution in [3.8, 4) is 23.0 Å². The summed E-state index contributed by atoms with van der Waals surface area (Å²) in [7, 11) is 5.40. The van der Waals surface area contributed by atoms with Gasteiger partial charge in [-0.3, -0.25) is 38.4 Å². The van der Waals surface area contributed by atoms with Crippen molar-refractivity contribution in [3.63, 3.8) is 0 Å². The molecule has 4 unspecified atom stereocenters. The van der Waals surface area contributed by atoms with Gasteiger partial charge in [0.25, 0.3) is 23.6 Å². The smallest absolute Gasteiger partial charge is 0.335 e. The van der Waals surface area contributed by atoms with E-state index >= 15 is 0 Å². The maximum atomic E-state index is 14.3. The number of ether oxygens (including phenoxy) is 4. The van der Waals surface area contributed by atoms with Crippen molar-refractivity contribution < 1.29 is 67.2 Å². The monoisotopic (exact) mass is 1250 g/mol. The highest BCUT2D eigenvalue weighted by Gasteiger charge is 2.29. The fourth-order valence-corrected chi connectivity index (χ4v) is 9.34. The van der Waals surface area contributed by atoms with Crippen LogP contribution in [0.15, 0.2) is 97.1 Å². The summed E-state index contributed by atoms with van der Waals surface area (Å²) in [6.07, 6.45) is 5.03. The average Bonchev–Trinajstić information content (AvgIpc) is 1.49. The number of anilines is 5. The predicted molar refractivity (Wildman–Crippen MR) is 341 cm³/mol. The largest absolute Gasteiger partial charge is 0.496 e. The van der Waals surface area contributed by atoms with Crippen molar-refractivity contribution in [2.45, 2.75) is 101 Å². The molecule has 0 fully saturated rings. The van der Waals surface area contributed by atoms with Crippen LogP contribution in [0.25, 0.3) is 0 Å². The minimum atomic E-state index is -1.20. The van der Waals surface area contributed by atoms with E-state index in [0.29, 0.717) is 84.0 Å². The molecule has 5 aromatic rings. The van der Waals surface area contributed by atoms with Crippen LogP contribution in [0.3, 0.4) is 0 Å². The van der Waals surface area contributed by atoms with Crippen molar-refractivity contribution >= 4 is 81.7 Å². The van der Waals surface area contributed by atoms with Crippen LogP contribution < -0.4 is 90.2 Å². The Kier molecular flexibility index (Phi) is 28.9. The first-order valence-electron chi connectivity index (χ1n) is 29.4. The van der Waals surface area contributed by atoms with E-state index in [0.717, 1.165) is 0 Å². The van der Waals surface area contributed by atoms with Gasteiger partial charge in [-0.1, -0.05) is 12.5 Å². The van der Waals surface area contributed by atoms with Crippen LogP contribution in [-0.2, 0) is 19.2 Å². The van der Waals surface area contributed by atoms with Gasteiger partial charge in [-0.2, -0.15) is 0 Å². The molecule has 4 atom stereocenters. The maximum absolute atomic E-state index is 14.3. The molecule has 19 N–H and O–H groups in total. The lowest BCUT2D eigenvalue weighted by atomic mass is 10.1. The molecule has 0 aliphatic heterocycles. The molecule has 0 bridgehead atoms. The summed E-state index contributed by atoms with van der Waals surface area (Å²) in [5.41, 5.74) is 29.8. The van der Waals surface area contributed by atoms with Gasteiger partial charge in [0.2, 0.25) is 23.6 Å². The van der Waals surface area contributed by atoms with E-state index in [4.69, 9.17) is 47.6 Å². The molecule has 0 aromatic heterocycles. The molecular formula is C63H83N13O14. The highest BCUT2D eigenvalue weighted by atomic mass is 16.5. The molecule has 0 saturated carbocycles. The Labute approximate surface area is 522 Å². The van der Waals surface area contributed by atoms with Gasteiger partial charge in [-0.05, 0) is 188 Å². The van der Waals surface area contributed by atoms with E-state index in [1.807, 2.05) is 0 Å². The molecule has 5 aromatic carbocycles. The molecule has 90 heavy (non-hydrogen) atoms. The summed E-state index contributed by atoms with van der Waals surface area (Å²) in [5.74, 6) is -5.98. The van der Waals surface area contributed by atoms with Gasteiger partial charge in [0, 0.05) is 28.4 Å². The first-order valence-corrected chi connectivity index (χ1v) is 29.4. The van der Waals surface area contributed by atoms with Crippen LogP contribution in [-0.4, -0.2) is 137 Å². The van der Waals surface area contributed by atoms with Crippen molar-refractivity contribution in [3.05, 3.63) is 125 Å². The Bertz CT molecular complexity index is 3310. The number of benzene rings is 5. The van der Waals surface area contributed by atoms with Crippen molar-refractivity contribution in [1.82, 2.24) is 16.0 Å². The van der Waals surface area contributed by atoms with Crippen LogP contribution in [0.1, 0.15) is 129 Å². The number of carboxylic acid groups (broad SMARTS) is 1. The highest BCUT2D eigenvalue weighted by molar-refractivity contribution is 6.09. The number of aromatic carboxylic acids is 1. The number of methoxy groups -OCH3 is 4. The number of rotatable bonds is 37. The summed E-state index contributed by atoms with van der Waals surface area (Å²) in [4.78, 5) is 123. The minimum absolute atomic E-state index is 0.00735. The zero-order valence-corrected chi connectivity index (χ0v) is 51.0. The molecule has 0 spiro atoms. The first kappa shape index (κ1) is 71.1. The van der Waals surface area contributed by atoms with Crippen molar-refractivity contribution in [2.24, 2.45) is 28.7 Å². The number of nitrogens with one attached hydrogen (secondary N) is 8. The molecule has 8 amide bonds. The van der Waals surface area contributed by atoms with Crippen LogP contribution in [0.4, 0.5) is 28.4 Å².